The Morgan fingerprint density at radius 2 is 1.64 bits per heavy atom. The van der Waals surface area contributed by atoms with Gasteiger partial charge in [-0.1, -0.05) is 35.3 Å². The van der Waals surface area contributed by atoms with Crippen molar-refractivity contribution in [3.05, 3.63) is 64.1 Å². The summed E-state index contributed by atoms with van der Waals surface area (Å²) in [6, 6.07) is 13.5. The van der Waals surface area contributed by atoms with Crippen LogP contribution in [0.4, 0.5) is 5.69 Å². The topological polar surface area (TPSA) is 52.7 Å². The second-order valence-electron chi connectivity index (χ2n) is 6.39. The Morgan fingerprint density at radius 1 is 1.07 bits per heavy atom. The first-order valence-corrected chi connectivity index (χ1v) is 9.97. The first kappa shape index (κ1) is 20.6. The average molecular weight is 436 g/mol. The highest BCUT2D eigenvalue weighted by Gasteiger charge is 2.42. The first-order valence-electron chi connectivity index (χ1n) is 8.81. The number of rotatable bonds is 6. The van der Waals surface area contributed by atoms with Crippen LogP contribution in [-0.4, -0.2) is 39.3 Å². The monoisotopic (exact) mass is 435 g/mol. The molecule has 1 heterocycles. The molecule has 1 N–H and O–H groups in total. The van der Waals surface area contributed by atoms with E-state index in [9.17, 15) is 9.59 Å². The van der Waals surface area contributed by atoms with Gasteiger partial charge in [0.05, 0.1) is 6.42 Å². The fourth-order valence-corrected chi connectivity index (χ4v) is 3.73. The zero-order valence-corrected chi connectivity index (χ0v) is 17.5. The molecule has 1 fully saturated rings. The Kier molecular flexibility index (Phi) is 6.54. The van der Waals surface area contributed by atoms with E-state index in [0.29, 0.717) is 33.9 Å². The van der Waals surface area contributed by atoms with Gasteiger partial charge in [-0.05, 0) is 61.1 Å². The summed E-state index contributed by atoms with van der Waals surface area (Å²) in [4.78, 5) is 28.7. The summed E-state index contributed by atoms with van der Waals surface area (Å²) in [7, 11) is 0. The van der Waals surface area contributed by atoms with E-state index in [2.05, 4.69) is 5.32 Å². The van der Waals surface area contributed by atoms with Gasteiger partial charge in [-0.2, -0.15) is 0 Å². The number of carbonyl (C=O) groups is 2. The maximum Gasteiger partial charge on any atom is 0.252 e. The number of amides is 2. The van der Waals surface area contributed by atoms with Gasteiger partial charge in [0.15, 0.2) is 5.11 Å². The van der Waals surface area contributed by atoms with E-state index in [1.807, 2.05) is 19.1 Å². The quantitative estimate of drug-likeness (QED) is 0.685. The molecule has 0 radical (unpaired) electrons. The van der Waals surface area contributed by atoms with Crippen LogP contribution in [0.3, 0.4) is 0 Å². The molecule has 3 rings (SSSR count). The van der Waals surface area contributed by atoms with E-state index >= 15 is 0 Å². The highest BCUT2D eigenvalue weighted by Crippen LogP contribution is 2.24. The third-order valence-corrected chi connectivity index (χ3v) is 5.45. The second-order valence-corrected chi connectivity index (χ2v) is 7.63. The summed E-state index contributed by atoms with van der Waals surface area (Å²) >= 11 is 17.3. The molecule has 1 saturated heterocycles. The molecule has 5 nitrogen and oxygen atoms in total. The summed E-state index contributed by atoms with van der Waals surface area (Å²) < 4.78 is 0. The Hall–Kier alpha value is -2.15. The first-order chi connectivity index (χ1) is 13.4. The molecule has 0 aliphatic carbocycles. The molecule has 2 amide bonds. The largest absolute Gasteiger partial charge is 0.332 e. The minimum absolute atomic E-state index is 0.00564. The van der Waals surface area contributed by atoms with Crippen LogP contribution in [-0.2, 0) is 16.1 Å². The highest BCUT2D eigenvalue weighted by molar-refractivity contribution is 7.80. The van der Waals surface area contributed by atoms with Crippen molar-refractivity contribution in [2.75, 3.05) is 11.9 Å². The summed E-state index contributed by atoms with van der Waals surface area (Å²) in [5.74, 6) is -0.421. The van der Waals surface area contributed by atoms with Gasteiger partial charge in [0, 0.05) is 28.8 Å². The SMILES string of the molecule is CCN1C(=O)[C@H](CC(=O)Nc2ccc(Cl)cc2)N(Cc2ccc(Cl)cc2)C1=S. The van der Waals surface area contributed by atoms with Crippen LogP contribution in [0, 0.1) is 0 Å². The second kappa shape index (κ2) is 8.90. The number of thiocarbonyl (C=S) groups is 1. The molecular weight excluding hydrogens is 417 g/mol. The van der Waals surface area contributed by atoms with E-state index in [1.54, 1.807) is 41.3 Å². The summed E-state index contributed by atoms with van der Waals surface area (Å²) in [5.41, 5.74) is 1.58. The minimum Gasteiger partial charge on any atom is -0.332 e. The standard InChI is InChI=1S/C20H19Cl2N3O2S/c1-2-24-19(27)17(11-18(26)23-16-9-7-15(22)8-10-16)25(20(24)28)12-13-3-5-14(21)6-4-13/h3-10,17H,2,11-12H2,1H3,(H,23,26)/t17-/m0/s1. The number of carbonyl (C=O) groups excluding carboxylic acids is 2. The summed E-state index contributed by atoms with van der Waals surface area (Å²) in [5, 5.41) is 4.46. The average Bonchev–Trinajstić information content (AvgIpc) is 2.89. The van der Waals surface area contributed by atoms with Crippen LogP contribution in [0.5, 0.6) is 0 Å². The van der Waals surface area contributed by atoms with Crippen molar-refractivity contribution in [2.24, 2.45) is 0 Å². The number of hydrogen-bond acceptors (Lipinski definition) is 3. The van der Waals surface area contributed by atoms with Gasteiger partial charge in [0.1, 0.15) is 6.04 Å². The maximum atomic E-state index is 12.8. The van der Waals surface area contributed by atoms with Crippen molar-refractivity contribution in [3.8, 4) is 0 Å². The lowest BCUT2D eigenvalue weighted by molar-refractivity contribution is -0.130. The fraction of sp³-hybridized carbons (Fsp3) is 0.250. The van der Waals surface area contributed by atoms with Gasteiger partial charge in [0.2, 0.25) is 5.91 Å². The molecule has 0 unspecified atom stereocenters. The van der Waals surface area contributed by atoms with Crippen LogP contribution in [0.15, 0.2) is 48.5 Å². The van der Waals surface area contributed by atoms with Crippen molar-refractivity contribution in [1.82, 2.24) is 9.80 Å². The molecule has 2 aromatic rings. The van der Waals surface area contributed by atoms with Crippen LogP contribution in [0.2, 0.25) is 10.0 Å². The molecule has 0 saturated carbocycles. The number of nitrogens with one attached hydrogen (secondary N) is 1. The van der Waals surface area contributed by atoms with E-state index < -0.39 is 6.04 Å². The zero-order chi connectivity index (χ0) is 20.3. The molecule has 2 aromatic carbocycles. The predicted molar refractivity (Wildman–Crippen MR) is 115 cm³/mol. The Morgan fingerprint density at radius 3 is 2.21 bits per heavy atom. The lowest BCUT2D eigenvalue weighted by Gasteiger charge is -2.24. The smallest absolute Gasteiger partial charge is 0.252 e. The molecule has 0 aromatic heterocycles. The van der Waals surface area contributed by atoms with Crippen molar-refractivity contribution in [3.63, 3.8) is 0 Å². The van der Waals surface area contributed by atoms with Gasteiger partial charge >= 0.3 is 0 Å². The molecule has 8 heteroatoms. The molecule has 1 aliphatic heterocycles. The van der Waals surface area contributed by atoms with Gasteiger partial charge < -0.3 is 10.2 Å². The number of benzene rings is 2. The van der Waals surface area contributed by atoms with Crippen molar-refractivity contribution >= 4 is 58.0 Å². The fourth-order valence-electron chi connectivity index (χ4n) is 3.07. The van der Waals surface area contributed by atoms with Crippen LogP contribution in [0.1, 0.15) is 18.9 Å². The predicted octanol–water partition coefficient (Wildman–Crippen LogP) is 4.34. The Bertz CT molecular complexity index is 887. The molecular formula is C20H19Cl2N3O2S. The molecule has 28 heavy (non-hydrogen) atoms. The Labute approximate surface area is 179 Å². The number of halogens is 2. The lowest BCUT2D eigenvalue weighted by atomic mass is 10.1. The highest BCUT2D eigenvalue weighted by atomic mass is 35.5. The van der Waals surface area contributed by atoms with Crippen LogP contribution >= 0.6 is 35.4 Å². The molecule has 1 atom stereocenters. The van der Waals surface area contributed by atoms with Gasteiger partial charge in [0.25, 0.3) is 5.91 Å². The van der Waals surface area contributed by atoms with Gasteiger partial charge in [-0.25, -0.2) is 0 Å². The van der Waals surface area contributed by atoms with Gasteiger partial charge in [-0.3, -0.25) is 14.5 Å². The van der Waals surface area contributed by atoms with Crippen LogP contribution < -0.4 is 5.32 Å². The third kappa shape index (κ3) is 4.63. The minimum atomic E-state index is -0.643. The molecule has 0 spiro atoms. The molecule has 146 valence electrons. The normalized spacial score (nSPS) is 16.6. The number of hydrogen-bond donors (Lipinski definition) is 1. The molecule has 0 bridgehead atoms. The van der Waals surface area contributed by atoms with E-state index in [1.165, 1.54) is 4.90 Å². The number of nitrogens with zero attached hydrogens (tertiary/aromatic N) is 2. The van der Waals surface area contributed by atoms with E-state index in [0.717, 1.165) is 5.56 Å². The lowest BCUT2D eigenvalue weighted by Crippen LogP contribution is -2.37. The van der Waals surface area contributed by atoms with Crippen molar-refractivity contribution < 1.29 is 9.59 Å². The molecule has 1 aliphatic rings. The summed E-state index contributed by atoms with van der Waals surface area (Å²) in [6.45, 7) is 2.75. The van der Waals surface area contributed by atoms with Crippen molar-refractivity contribution in [1.29, 1.82) is 0 Å². The summed E-state index contributed by atoms with van der Waals surface area (Å²) in [6.07, 6.45) is 0.00564. The van der Waals surface area contributed by atoms with Crippen molar-refractivity contribution in [2.45, 2.75) is 25.9 Å². The van der Waals surface area contributed by atoms with Gasteiger partial charge in [-0.15, -0.1) is 0 Å². The Balaban J connectivity index is 1.75. The van der Waals surface area contributed by atoms with Crippen LogP contribution in [0.25, 0.3) is 0 Å². The number of anilines is 1. The van der Waals surface area contributed by atoms with E-state index in [4.69, 9.17) is 35.4 Å². The third-order valence-electron chi connectivity index (χ3n) is 4.49. The maximum absolute atomic E-state index is 12.8. The number of likely N-dealkylation sites (N-methyl/N-ethyl adjacent to an activating group) is 1. The zero-order valence-electron chi connectivity index (χ0n) is 15.2. The van der Waals surface area contributed by atoms with E-state index in [-0.39, 0.29) is 18.2 Å².